The number of hydrogen-bond donors (Lipinski definition) is 1. The Kier molecular flexibility index (Phi) is 5.53. The molecule has 1 N–H and O–H groups in total. The Morgan fingerprint density at radius 2 is 1.96 bits per heavy atom. The van der Waals surface area contributed by atoms with Crippen molar-refractivity contribution >= 4 is 20.3 Å². The van der Waals surface area contributed by atoms with Crippen LogP contribution in [0.25, 0.3) is 0 Å². The summed E-state index contributed by atoms with van der Waals surface area (Å²) < 4.78 is 6.52. The standard InChI is InChI=1S/C16H31N3O3Si/c1-16(2,3)23(4,5)22-13-7-6-8-18(12-13)9-10-19-14(20)11-17-15(19)21/h13H,6-12H2,1-5H3,(H,17,21). The molecule has 7 heteroatoms. The molecule has 2 aliphatic heterocycles. The molecule has 1 unspecified atom stereocenters. The maximum Gasteiger partial charge on any atom is 0.324 e. The number of carbonyl (C=O) groups is 2. The van der Waals surface area contributed by atoms with Gasteiger partial charge in [-0.15, -0.1) is 0 Å². The van der Waals surface area contributed by atoms with E-state index in [1.165, 1.54) is 4.90 Å². The number of carbonyl (C=O) groups excluding carboxylic acids is 2. The van der Waals surface area contributed by atoms with Gasteiger partial charge in [-0.05, 0) is 37.5 Å². The van der Waals surface area contributed by atoms with Gasteiger partial charge in [0.2, 0.25) is 5.91 Å². The van der Waals surface area contributed by atoms with Crippen LogP contribution in [-0.4, -0.2) is 68.9 Å². The van der Waals surface area contributed by atoms with E-state index < -0.39 is 8.32 Å². The van der Waals surface area contributed by atoms with Gasteiger partial charge in [0.1, 0.15) is 0 Å². The number of nitrogens with zero attached hydrogens (tertiary/aromatic N) is 2. The second-order valence-corrected chi connectivity index (χ2v) is 12.9. The van der Waals surface area contributed by atoms with E-state index in [0.29, 0.717) is 6.54 Å². The highest BCUT2D eigenvalue weighted by atomic mass is 28.4. The van der Waals surface area contributed by atoms with Crippen molar-refractivity contribution in [3.8, 4) is 0 Å². The quantitative estimate of drug-likeness (QED) is 0.614. The zero-order chi connectivity index (χ0) is 17.3. The molecular formula is C16H31N3O3Si. The molecule has 6 nitrogen and oxygen atoms in total. The van der Waals surface area contributed by atoms with Crippen molar-refractivity contribution in [1.29, 1.82) is 0 Å². The first kappa shape index (κ1) is 18.4. The Balaban J connectivity index is 1.84. The SMILES string of the molecule is CC(C)(C)[Si](C)(C)OC1CCCN(CCN2C(=O)CNC2=O)C1. The number of urea groups is 1. The third-order valence-corrected chi connectivity index (χ3v) is 9.84. The molecule has 0 saturated carbocycles. The molecular weight excluding hydrogens is 310 g/mol. The highest BCUT2D eigenvalue weighted by Gasteiger charge is 2.40. The number of imide groups is 1. The zero-order valence-electron chi connectivity index (χ0n) is 15.1. The third-order valence-electron chi connectivity index (χ3n) is 5.31. The van der Waals surface area contributed by atoms with Crippen molar-refractivity contribution < 1.29 is 14.0 Å². The van der Waals surface area contributed by atoms with Crippen LogP contribution in [-0.2, 0) is 9.22 Å². The van der Waals surface area contributed by atoms with Crippen LogP contribution in [0, 0.1) is 0 Å². The van der Waals surface area contributed by atoms with Crippen molar-refractivity contribution in [3.05, 3.63) is 0 Å². The molecule has 2 rings (SSSR count). The molecule has 0 aromatic heterocycles. The zero-order valence-corrected chi connectivity index (χ0v) is 16.1. The van der Waals surface area contributed by atoms with Crippen molar-refractivity contribution in [1.82, 2.24) is 15.1 Å². The minimum absolute atomic E-state index is 0.124. The Morgan fingerprint density at radius 3 is 2.52 bits per heavy atom. The number of piperidine rings is 1. The maximum atomic E-state index is 11.6. The first-order valence-electron chi connectivity index (χ1n) is 8.58. The van der Waals surface area contributed by atoms with Crippen LogP contribution in [0.15, 0.2) is 0 Å². The number of hydrogen-bond acceptors (Lipinski definition) is 4. The molecule has 0 radical (unpaired) electrons. The summed E-state index contributed by atoms with van der Waals surface area (Å²) in [6.07, 6.45) is 2.48. The Hall–Kier alpha value is -0.923. The highest BCUT2D eigenvalue weighted by molar-refractivity contribution is 6.74. The molecule has 3 amide bonds. The van der Waals surface area contributed by atoms with E-state index in [0.717, 1.165) is 32.5 Å². The second-order valence-electron chi connectivity index (χ2n) is 8.15. The summed E-state index contributed by atoms with van der Waals surface area (Å²) in [6.45, 7) is 14.6. The van der Waals surface area contributed by atoms with Crippen LogP contribution >= 0.6 is 0 Å². The summed E-state index contributed by atoms with van der Waals surface area (Å²) in [4.78, 5) is 26.8. The van der Waals surface area contributed by atoms with Crippen LogP contribution in [0.5, 0.6) is 0 Å². The lowest BCUT2D eigenvalue weighted by atomic mass is 10.1. The molecule has 2 heterocycles. The van der Waals surface area contributed by atoms with E-state index in [-0.39, 0.29) is 29.6 Å². The summed E-state index contributed by atoms with van der Waals surface area (Å²) in [5.74, 6) is -0.124. The van der Waals surface area contributed by atoms with Crippen molar-refractivity contribution in [2.75, 3.05) is 32.7 Å². The first-order chi connectivity index (χ1) is 10.6. The predicted octanol–water partition coefficient (Wildman–Crippen LogP) is 2.02. The third kappa shape index (κ3) is 4.55. The van der Waals surface area contributed by atoms with E-state index in [4.69, 9.17) is 4.43 Å². The van der Waals surface area contributed by atoms with Gasteiger partial charge in [-0.1, -0.05) is 20.8 Å². The number of rotatable bonds is 5. The molecule has 0 spiro atoms. The monoisotopic (exact) mass is 341 g/mol. The Labute approximate surface area is 140 Å². The van der Waals surface area contributed by atoms with E-state index >= 15 is 0 Å². The smallest absolute Gasteiger partial charge is 0.324 e. The Morgan fingerprint density at radius 1 is 1.26 bits per heavy atom. The van der Waals surface area contributed by atoms with Crippen LogP contribution in [0.2, 0.25) is 18.1 Å². The van der Waals surface area contributed by atoms with Gasteiger partial charge < -0.3 is 9.74 Å². The molecule has 2 aliphatic rings. The van der Waals surface area contributed by atoms with Gasteiger partial charge in [-0.2, -0.15) is 0 Å². The molecule has 1 atom stereocenters. The molecule has 0 bridgehead atoms. The lowest BCUT2D eigenvalue weighted by molar-refractivity contribution is -0.125. The summed E-state index contributed by atoms with van der Waals surface area (Å²) >= 11 is 0. The summed E-state index contributed by atoms with van der Waals surface area (Å²) in [6, 6.07) is -0.263. The maximum absolute atomic E-state index is 11.6. The largest absolute Gasteiger partial charge is 0.413 e. The number of amides is 3. The van der Waals surface area contributed by atoms with Crippen molar-refractivity contribution in [2.45, 2.75) is 57.8 Å². The average molecular weight is 342 g/mol. The van der Waals surface area contributed by atoms with Gasteiger partial charge in [-0.25, -0.2) is 4.79 Å². The number of nitrogens with one attached hydrogen (secondary N) is 1. The van der Waals surface area contributed by atoms with Gasteiger partial charge in [0.05, 0.1) is 12.6 Å². The van der Waals surface area contributed by atoms with Gasteiger partial charge in [-0.3, -0.25) is 14.6 Å². The van der Waals surface area contributed by atoms with E-state index in [1.807, 2.05) is 0 Å². The van der Waals surface area contributed by atoms with Crippen molar-refractivity contribution in [3.63, 3.8) is 0 Å². The molecule has 0 aromatic rings. The van der Waals surface area contributed by atoms with Crippen molar-refractivity contribution in [2.24, 2.45) is 0 Å². The molecule has 132 valence electrons. The highest BCUT2D eigenvalue weighted by Crippen LogP contribution is 2.38. The van der Waals surface area contributed by atoms with E-state index in [9.17, 15) is 9.59 Å². The normalized spacial score (nSPS) is 24.2. The fraction of sp³-hybridized carbons (Fsp3) is 0.875. The molecule has 2 fully saturated rings. The predicted molar refractivity (Wildman–Crippen MR) is 92.9 cm³/mol. The van der Waals surface area contributed by atoms with Crippen LogP contribution in [0.3, 0.4) is 0 Å². The average Bonchev–Trinajstić information content (AvgIpc) is 2.74. The fourth-order valence-electron chi connectivity index (χ4n) is 2.83. The van der Waals surface area contributed by atoms with Gasteiger partial charge in [0.25, 0.3) is 0 Å². The van der Waals surface area contributed by atoms with Gasteiger partial charge in [0.15, 0.2) is 8.32 Å². The van der Waals surface area contributed by atoms with Crippen LogP contribution in [0.4, 0.5) is 4.79 Å². The molecule has 0 aliphatic carbocycles. The summed E-state index contributed by atoms with van der Waals surface area (Å²) in [7, 11) is -1.75. The summed E-state index contributed by atoms with van der Waals surface area (Å²) in [5.41, 5.74) is 0. The fourth-order valence-corrected chi connectivity index (χ4v) is 4.21. The van der Waals surface area contributed by atoms with Gasteiger partial charge >= 0.3 is 6.03 Å². The van der Waals surface area contributed by atoms with Crippen LogP contribution in [0.1, 0.15) is 33.6 Å². The van der Waals surface area contributed by atoms with E-state index in [1.54, 1.807) is 0 Å². The van der Waals surface area contributed by atoms with Crippen LogP contribution < -0.4 is 5.32 Å². The first-order valence-corrected chi connectivity index (χ1v) is 11.5. The van der Waals surface area contributed by atoms with Gasteiger partial charge in [0, 0.05) is 19.6 Å². The number of likely N-dealkylation sites (tertiary alicyclic amines) is 1. The molecule has 23 heavy (non-hydrogen) atoms. The van der Waals surface area contributed by atoms with E-state index in [2.05, 4.69) is 44.1 Å². The minimum atomic E-state index is -1.75. The minimum Gasteiger partial charge on any atom is -0.413 e. The second kappa shape index (κ2) is 6.90. The lowest BCUT2D eigenvalue weighted by Gasteiger charge is -2.42. The summed E-state index contributed by atoms with van der Waals surface area (Å²) in [5, 5.41) is 2.78. The lowest BCUT2D eigenvalue weighted by Crippen LogP contribution is -2.50. The topological polar surface area (TPSA) is 61.9 Å². The molecule has 2 saturated heterocycles. The Bertz CT molecular complexity index is 446. The molecule has 0 aromatic carbocycles.